The standard InChI is InChI=1S/C11H9F2N3S2/c12-9-7(11(14)17)1-2-8(10(9)13)15-3-6-4-18-5-16-6/h1-2,4-5,15H,3H2,(H2,14,17). The monoisotopic (exact) mass is 285 g/mol. The molecule has 18 heavy (non-hydrogen) atoms. The van der Waals surface area contributed by atoms with E-state index in [2.05, 4.69) is 22.5 Å². The normalized spacial score (nSPS) is 10.3. The minimum atomic E-state index is -1.04. The van der Waals surface area contributed by atoms with Crippen molar-refractivity contribution in [3.05, 3.63) is 45.9 Å². The maximum absolute atomic E-state index is 13.7. The Kier molecular flexibility index (Phi) is 3.83. The average Bonchev–Trinajstić information content (AvgIpc) is 2.83. The number of benzene rings is 1. The Hall–Kier alpha value is -1.60. The molecule has 0 fully saturated rings. The van der Waals surface area contributed by atoms with Gasteiger partial charge in [0.1, 0.15) is 4.99 Å². The lowest BCUT2D eigenvalue weighted by molar-refractivity contribution is 0.509. The molecule has 0 saturated heterocycles. The highest BCUT2D eigenvalue weighted by molar-refractivity contribution is 7.80. The number of hydrogen-bond donors (Lipinski definition) is 2. The van der Waals surface area contributed by atoms with Crippen LogP contribution < -0.4 is 11.1 Å². The number of nitrogens with zero attached hydrogens (tertiary/aromatic N) is 1. The lowest BCUT2D eigenvalue weighted by atomic mass is 10.1. The van der Waals surface area contributed by atoms with E-state index in [1.165, 1.54) is 23.5 Å². The van der Waals surface area contributed by atoms with Crippen molar-refractivity contribution in [1.29, 1.82) is 0 Å². The number of thiocarbonyl (C=S) groups is 1. The van der Waals surface area contributed by atoms with Gasteiger partial charge in [-0.3, -0.25) is 0 Å². The van der Waals surface area contributed by atoms with Gasteiger partial charge >= 0.3 is 0 Å². The zero-order valence-electron chi connectivity index (χ0n) is 9.11. The van der Waals surface area contributed by atoms with E-state index in [4.69, 9.17) is 5.73 Å². The Balaban J connectivity index is 2.19. The van der Waals surface area contributed by atoms with Crippen LogP contribution in [0, 0.1) is 11.6 Å². The van der Waals surface area contributed by atoms with Gasteiger partial charge in [-0.2, -0.15) is 0 Å². The molecule has 0 aliphatic carbocycles. The zero-order valence-corrected chi connectivity index (χ0v) is 10.7. The molecule has 0 radical (unpaired) electrons. The van der Waals surface area contributed by atoms with E-state index in [1.54, 1.807) is 5.51 Å². The molecular formula is C11H9F2N3S2. The number of hydrogen-bond acceptors (Lipinski definition) is 4. The van der Waals surface area contributed by atoms with Gasteiger partial charge in [0.2, 0.25) is 0 Å². The van der Waals surface area contributed by atoms with Crippen LogP contribution in [0.3, 0.4) is 0 Å². The van der Waals surface area contributed by atoms with E-state index in [0.717, 1.165) is 5.69 Å². The molecule has 0 saturated carbocycles. The Labute approximate surface area is 112 Å². The number of rotatable bonds is 4. The zero-order chi connectivity index (χ0) is 13.1. The predicted molar refractivity (Wildman–Crippen MR) is 71.7 cm³/mol. The molecule has 0 bridgehead atoms. The Bertz CT molecular complexity index is 570. The summed E-state index contributed by atoms with van der Waals surface area (Å²) in [5, 5.41) is 4.59. The summed E-state index contributed by atoms with van der Waals surface area (Å²) in [4.78, 5) is 3.86. The molecule has 94 valence electrons. The van der Waals surface area contributed by atoms with Crippen molar-refractivity contribution in [2.45, 2.75) is 6.54 Å². The average molecular weight is 285 g/mol. The van der Waals surface area contributed by atoms with Crippen molar-refractivity contribution < 1.29 is 8.78 Å². The van der Waals surface area contributed by atoms with E-state index in [9.17, 15) is 8.78 Å². The van der Waals surface area contributed by atoms with Gasteiger partial charge in [0.15, 0.2) is 11.6 Å². The third kappa shape index (κ3) is 2.62. The van der Waals surface area contributed by atoms with Gasteiger partial charge in [-0.25, -0.2) is 13.8 Å². The van der Waals surface area contributed by atoms with Crippen LogP contribution in [0.15, 0.2) is 23.0 Å². The predicted octanol–water partition coefficient (Wildman–Crippen LogP) is 2.67. The summed E-state index contributed by atoms with van der Waals surface area (Å²) >= 11 is 6.06. The molecule has 1 heterocycles. The van der Waals surface area contributed by atoms with Crippen LogP contribution in [0.1, 0.15) is 11.3 Å². The molecule has 0 spiro atoms. The maximum atomic E-state index is 13.7. The third-order valence-electron chi connectivity index (χ3n) is 2.29. The van der Waals surface area contributed by atoms with E-state index in [1.807, 2.05) is 5.38 Å². The lowest BCUT2D eigenvalue weighted by Gasteiger charge is -2.09. The molecule has 3 N–H and O–H groups in total. The number of nitrogens with two attached hydrogens (primary N) is 1. The highest BCUT2D eigenvalue weighted by atomic mass is 32.1. The van der Waals surface area contributed by atoms with Gasteiger partial charge in [-0.05, 0) is 12.1 Å². The maximum Gasteiger partial charge on any atom is 0.182 e. The summed E-state index contributed by atoms with van der Waals surface area (Å²) in [7, 11) is 0. The van der Waals surface area contributed by atoms with E-state index >= 15 is 0 Å². The van der Waals surface area contributed by atoms with E-state index in [-0.39, 0.29) is 16.2 Å². The fourth-order valence-electron chi connectivity index (χ4n) is 1.39. The third-order valence-corrected chi connectivity index (χ3v) is 3.15. The minimum Gasteiger partial charge on any atom is -0.389 e. The lowest BCUT2D eigenvalue weighted by Crippen LogP contribution is -2.14. The minimum absolute atomic E-state index is 0.0560. The van der Waals surface area contributed by atoms with E-state index < -0.39 is 11.6 Å². The van der Waals surface area contributed by atoms with Crippen LogP contribution in [0.25, 0.3) is 0 Å². The van der Waals surface area contributed by atoms with Crippen molar-refractivity contribution in [1.82, 2.24) is 4.98 Å². The SMILES string of the molecule is NC(=S)c1ccc(NCc2cscn2)c(F)c1F. The van der Waals surface area contributed by atoms with E-state index in [0.29, 0.717) is 6.54 Å². The molecule has 3 nitrogen and oxygen atoms in total. The molecule has 7 heteroatoms. The molecule has 1 aromatic carbocycles. The van der Waals surface area contributed by atoms with Crippen molar-refractivity contribution in [3.8, 4) is 0 Å². The highest BCUT2D eigenvalue weighted by Crippen LogP contribution is 2.21. The molecule has 0 atom stereocenters. The second-order valence-corrected chi connectivity index (χ2v) is 4.64. The number of aromatic nitrogens is 1. The molecule has 0 amide bonds. The van der Waals surface area contributed by atoms with Crippen LogP contribution in [0.5, 0.6) is 0 Å². The van der Waals surface area contributed by atoms with Gasteiger partial charge in [-0.15, -0.1) is 11.3 Å². The highest BCUT2D eigenvalue weighted by Gasteiger charge is 2.14. The Morgan fingerprint density at radius 1 is 1.39 bits per heavy atom. The quantitative estimate of drug-likeness (QED) is 0.848. The van der Waals surface area contributed by atoms with Crippen LogP contribution in [-0.2, 0) is 6.54 Å². The second-order valence-electron chi connectivity index (χ2n) is 3.49. The van der Waals surface area contributed by atoms with Crippen LogP contribution in [0.4, 0.5) is 14.5 Å². The molecule has 1 aromatic heterocycles. The van der Waals surface area contributed by atoms with Crippen LogP contribution in [-0.4, -0.2) is 9.97 Å². The fourth-order valence-corrected chi connectivity index (χ4v) is 2.10. The molecular weight excluding hydrogens is 276 g/mol. The van der Waals surface area contributed by atoms with Crippen LogP contribution >= 0.6 is 23.6 Å². The first-order valence-corrected chi connectivity index (χ1v) is 6.33. The smallest absolute Gasteiger partial charge is 0.182 e. The summed E-state index contributed by atoms with van der Waals surface area (Å²) < 4.78 is 27.3. The summed E-state index contributed by atoms with van der Waals surface area (Å²) in [6.07, 6.45) is 0. The molecule has 0 aliphatic heterocycles. The topological polar surface area (TPSA) is 50.9 Å². The van der Waals surface area contributed by atoms with Crippen molar-refractivity contribution in [3.63, 3.8) is 0 Å². The van der Waals surface area contributed by atoms with Gasteiger partial charge in [0.25, 0.3) is 0 Å². The molecule has 2 aromatic rings. The largest absolute Gasteiger partial charge is 0.389 e. The molecule has 2 rings (SSSR count). The summed E-state index contributed by atoms with van der Waals surface area (Å²) in [6.45, 7) is 0.326. The Morgan fingerprint density at radius 3 is 2.78 bits per heavy atom. The fraction of sp³-hybridized carbons (Fsp3) is 0.0909. The van der Waals surface area contributed by atoms with Gasteiger partial charge in [-0.1, -0.05) is 12.2 Å². The number of halogens is 2. The number of nitrogens with one attached hydrogen (secondary N) is 1. The molecule has 0 aliphatic rings. The molecule has 0 unspecified atom stereocenters. The van der Waals surface area contributed by atoms with Crippen molar-refractivity contribution >= 4 is 34.2 Å². The van der Waals surface area contributed by atoms with Gasteiger partial charge < -0.3 is 11.1 Å². The first kappa shape index (κ1) is 12.8. The first-order valence-electron chi connectivity index (χ1n) is 4.98. The van der Waals surface area contributed by atoms with Gasteiger partial charge in [0, 0.05) is 10.9 Å². The van der Waals surface area contributed by atoms with Crippen molar-refractivity contribution in [2.24, 2.45) is 5.73 Å². The summed E-state index contributed by atoms with van der Waals surface area (Å²) in [6, 6.07) is 2.75. The summed E-state index contributed by atoms with van der Waals surface area (Å²) in [5.41, 5.74) is 7.67. The number of thiazole rings is 1. The van der Waals surface area contributed by atoms with Gasteiger partial charge in [0.05, 0.1) is 23.4 Å². The van der Waals surface area contributed by atoms with Crippen molar-refractivity contribution in [2.75, 3.05) is 5.32 Å². The second kappa shape index (κ2) is 5.36. The summed E-state index contributed by atoms with van der Waals surface area (Å²) in [5.74, 6) is -2.03. The van der Waals surface area contributed by atoms with Crippen LogP contribution in [0.2, 0.25) is 0 Å². The first-order chi connectivity index (χ1) is 8.59. The Morgan fingerprint density at radius 2 is 2.17 bits per heavy atom. The number of anilines is 1.